The quantitative estimate of drug-likeness (QED) is 0.573. The molecule has 23 heavy (non-hydrogen) atoms. The van der Waals surface area contributed by atoms with Crippen LogP contribution in [0.1, 0.15) is 11.3 Å². The Bertz CT molecular complexity index is 911. The number of aryl methyl sites for hydroxylation is 1. The third kappa shape index (κ3) is 3.32. The Morgan fingerprint density at radius 1 is 1.09 bits per heavy atom. The molecule has 0 saturated heterocycles. The molecule has 0 fully saturated rings. The van der Waals surface area contributed by atoms with Gasteiger partial charge in [0.15, 0.2) is 0 Å². The van der Waals surface area contributed by atoms with Crippen molar-refractivity contribution in [1.29, 1.82) is 0 Å². The molecule has 0 bridgehead atoms. The Hall–Kier alpha value is -2.86. The third-order valence-electron chi connectivity index (χ3n) is 3.25. The molecule has 3 aromatic rings. The van der Waals surface area contributed by atoms with Gasteiger partial charge in [0.05, 0.1) is 6.21 Å². The molecule has 5 nitrogen and oxygen atoms in total. The highest BCUT2D eigenvalue weighted by atomic mass is 32.1. The minimum Gasteiger partial charge on any atom is -0.508 e. The monoisotopic (exact) mass is 325 g/mol. The first-order chi connectivity index (χ1) is 11.1. The van der Waals surface area contributed by atoms with Crippen molar-refractivity contribution in [3.8, 4) is 17.2 Å². The van der Waals surface area contributed by atoms with Gasteiger partial charge in [0.2, 0.25) is 4.80 Å². The lowest BCUT2D eigenvalue weighted by molar-refractivity contribution is 0.450. The lowest BCUT2D eigenvalue weighted by Gasteiger charge is -2.04. The van der Waals surface area contributed by atoms with Gasteiger partial charge in [-0.3, -0.25) is 4.57 Å². The third-order valence-corrected chi connectivity index (χ3v) is 4.18. The molecule has 1 aromatic heterocycles. The van der Waals surface area contributed by atoms with Crippen LogP contribution in [-0.4, -0.2) is 21.0 Å². The summed E-state index contributed by atoms with van der Waals surface area (Å²) in [6, 6.07) is 14.3. The zero-order valence-corrected chi connectivity index (χ0v) is 13.2. The Labute approximate surface area is 137 Å². The van der Waals surface area contributed by atoms with Gasteiger partial charge in [0.25, 0.3) is 0 Å². The number of phenols is 2. The topological polar surface area (TPSA) is 70.1 Å². The summed E-state index contributed by atoms with van der Waals surface area (Å²) in [5, 5.41) is 29.3. The van der Waals surface area contributed by atoms with E-state index in [0.29, 0.717) is 5.56 Å². The van der Waals surface area contributed by atoms with E-state index in [-0.39, 0.29) is 11.5 Å². The Morgan fingerprint density at radius 3 is 2.61 bits per heavy atom. The van der Waals surface area contributed by atoms with Gasteiger partial charge in [-0.05, 0) is 31.2 Å². The lowest BCUT2D eigenvalue weighted by Crippen LogP contribution is -2.13. The first kappa shape index (κ1) is 15.1. The van der Waals surface area contributed by atoms with Crippen LogP contribution in [0.15, 0.2) is 64.1 Å². The van der Waals surface area contributed by atoms with E-state index < -0.39 is 0 Å². The molecule has 0 saturated carbocycles. The molecule has 0 aliphatic carbocycles. The van der Waals surface area contributed by atoms with Gasteiger partial charge in [0, 0.05) is 28.4 Å². The molecule has 116 valence electrons. The van der Waals surface area contributed by atoms with Crippen LogP contribution in [0.4, 0.5) is 0 Å². The van der Waals surface area contributed by atoms with E-state index in [1.54, 1.807) is 6.07 Å². The summed E-state index contributed by atoms with van der Waals surface area (Å²) >= 11 is 1.49. The number of nitrogens with zero attached hydrogens (tertiary/aromatic N) is 3. The molecule has 0 aliphatic heterocycles. The molecule has 2 aromatic carbocycles. The average Bonchev–Trinajstić information content (AvgIpc) is 2.91. The van der Waals surface area contributed by atoms with Crippen LogP contribution >= 0.6 is 11.3 Å². The van der Waals surface area contributed by atoms with Crippen LogP contribution in [-0.2, 0) is 0 Å². The van der Waals surface area contributed by atoms with E-state index in [1.807, 2.05) is 47.2 Å². The maximum absolute atomic E-state index is 9.73. The van der Waals surface area contributed by atoms with Crippen molar-refractivity contribution in [2.75, 3.05) is 0 Å². The van der Waals surface area contributed by atoms with Crippen LogP contribution in [0.25, 0.3) is 5.69 Å². The zero-order valence-electron chi connectivity index (χ0n) is 12.4. The minimum absolute atomic E-state index is 0.00684. The Balaban J connectivity index is 1.97. The fourth-order valence-electron chi connectivity index (χ4n) is 2.14. The molecule has 0 radical (unpaired) electrons. The average molecular weight is 325 g/mol. The standard InChI is InChI=1S/C17H15N3O2S/c1-12-11-23-17(20(12)14-5-3-2-4-6-14)19-18-10-13-7-8-15(21)9-16(13)22/h2-11,21-22H,1H3/b18-10-,19-17+. The van der Waals surface area contributed by atoms with E-state index in [1.165, 1.54) is 29.7 Å². The highest BCUT2D eigenvalue weighted by Gasteiger charge is 2.03. The molecule has 2 N–H and O–H groups in total. The van der Waals surface area contributed by atoms with Crippen molar-refractivity contribution in [3.05, 3.63) is 70.0 Å². The summed E-state index contributed by atoms with van der Waals surface area (Å²) in [7, 11) is 0. The molecular weight excluding hydrogens is 310 g/mol. The Morgan fingerprint density at radius 2 is 1.87 bits per heavy atom. The van der Waals surface area contributed by atoms with Crippen LogP contribution in [0, 0.1) is 6.92 Å². The molecule has 0 amide bonds. The zero-order chi connectivity index (χ0) is 16.2. The molecular formula is C17H15N3O2S. The number of thiazole rings is 1. The summed E-state index contributed by atoms with van der Waals surface area (Å²) in [5.41, 5.74) is 2.58. The highest BCUT2D eigenvalue weighted by molar-refractivity contribution is 7.07. The van der Waals surface area contributed by atoms with Gasteiger partial charge in [-0.1, -0.05) is 18.2 Å². The van der Waals surface area contributed by atoms with Gasteiger partial charge in [-0.15, -0.1) is 16.4 Å². The number of aromatic nitrogens is 1. The molecule has 1 heterocycles. The van der Waals surface area contributed by atoms with Crippen molar-refractivity contribution < 1.29 is 10.2 Å². The maximum atomic E-state index is 9.73. The number of rotatable bonds is 3. The minimum atomic E-state index is -0.0396. The SMILES string of the molecule is Cc1cs/c(=N/N=C\c2ccc(O)cc2O)n1-c1ccccc1. The molecule has 0 aliphatic rings. The number of benzene rings is 2. The van der Waals surface area contributed by atoms with Crippen LogP contribution < -0.4 is 4.80 Å². The smallest absolute Gasteiger partial charge is 0.215 e. The van der Waals surface area contributed by atoms with E-state index in [4.69, 9.17) is 0 Å². The van der Waals surface area contributed by atoms with E-state index in [9.17, 15) is 10.2 Å². The van der Waals surface area contributed by atoms with E-state index in [2.05, 4.69) is 10.2 Å². The van der Waals surface area contributed by atoms with Crippen LogP contribution in [0.5, 0.6) is 11.5 Å². The van der Waals surface area contributed by atoms with Crippen molar-refractivity contribution >= 4 is 17.6 Å². The first-order valence-corrected chi connectivity index (χ1v) is 7.85. The largest absolute Gasteiger partial charge is 0.508 e. The van der Waals surface area contributed by atoms with Crippen molar-refractivity contribution in [2.45, 2.75) is 6.92 Å². The number of hydrogen-bond donors (Lipinski definition) is 2. The van der Waals surface area contributed by atoms with Crippen LogP contribution in [0.2, 0.25) is 0 Å². The summed E-state index contributed by atoms with van der Waals surface area (Å²) in [4.78, 5) is 0.739. The van der Waals surface area contributed by atoms with Crippen LogP contribution in [0.3, 0.4) is 0 Å². The van der Waals surface area contributed by atoms with E-state index in [0.717, 1.165) is 16.2 Å². The van der Waals surface area contributed by atoms with Gasteiger partial charge in [0.1, 0.15) is 11.5 Å². The predicted molar refractivity (Wildman–Crippen MR) is 91.3 cm³/mol. The summed E-state index contributed by atoms with van der Waals surface area (Å²) < 4.78 is 2.01. The summed E-state index contributed by atoms with van der Waals surface area (Å²) in [6.07, 6.45) is 1.46. The molecule has 3 rings (SSSR count). The van der Waals surface area contributed by atoms with Crippen molar-refractivity contribution in [1.82, 2.24) is 4.57 Å². The van der Waals surface area contributed by atoms with E-state index >= 15 is 0 Å². The fourth-order valence-corrected chi connectivity index (χ4v) is 2.97. The molecule has 0 spiro atoms. The molecule has 6 heteroatoms. The number of hydrogen-bond acceptors (Lipinski definition) is 5. The van der Waals surface area contributed by atoms with Crippen molar-refractivity contribution in [3.63, 3.8) is 0 Å². The second-order valence-corrected chi connectivity index (χ2v) is 5.75. The number of phenolic OH excluding ortho intramolecular Hbond substituents is 2. The summed E-state index contributed by atoms with van der Waals surface area (Å²) in [5.74, 6) is -0.0327. The van der Waals surface area contributed by atoms with Gasteiger partial charge < -0.3 is 10.2 Å². The molecule has 0 atom stereocenters. The van der Waals surface area contributed by atoms with Gasteiger partial charge in [-0.25, -0.2) is 0 Å². The fraction of sp³-hybridized carbons (Fsp3) is 0.0588. The summed E-state index contributed by atoms with van der Waals surface area (Å²) in [6.45, 7) is 2.01. The highest BCUT2D eigenvalue weighted by Crippen LogP contribution is 2.20. The number of aromatic hydroxyl groups is 2. The second-order valence-electron chi connectivity index (χ2n) is 4.92. The van der Waals surface area contributed by atoms with Gasteiger partial charge >= 0.3 is 0 Å². The lowest BCUT2D eigenvalue weighted by atomic mass is 10.2. The van der Waals surface area contributed by atoms with Gasteiger partial charge in [-0.2, -0.15) is 5.10 Å². The Kier molecular flexibility index (Phi) is 4.25. The second kappa shape index (κ2) is 6.50. The predicted octanol–water partition coefficient (Wildman–Crippen LogP) is 3.19. The number of para-hydroxylation sites is 1. The molecule has 0 unspecified atom stereocenters. The maximum Gasteiger partial charge on any atom is 0.215 e. The first-order valence-electron chi connectivity index (χ1n) is 6.97. The normalized spacial score (nSPS) is 12.1. The van der Waals surface area contributed by atoms with Crippen molar-refractivity contribution in [2.24, 2.45) is 10.2 Å².